The van der Waals surface area contributed by atoms with Crippen molar-refractivity contribution in [2.24, 2.45) is 0 Å². The van der Waals surface area contributed by atoms with Gasteiger partial charge in [-0.2, -0.15) is 0 Å². The third-order valence-corrected chi connectivity index (χ3v) is 5.53. The number of methoxy groups -OCH3 is 3. The van der Waals surface area contributed by atoms with E-state index in [2.05, 4.69) is 35.3 Å². The van der Waals surface area contributed by atoms with Crippen molar-refractivity contribution in [2.45, 2.75) is 0 Å². The maximum absolute atomic E-state index is 6.08. The molecule has 0 aliphatic carbocycles. The molecule has 0 spiro atoms. The van der Waals surface area contributed by atoms with Gasteiger partial charge in [0.05, 0.1) is 31.9 Å². The predicted octanol–water partition coefficient (Wildman–Crippen LogP) is 5.24. The van der Waals surface area contributed by atoms with E-state index < -0.39 is 0 Å². The molecule has 0 fully saturated rings. The highest BCUT2D eigenvalue weighted by Gasteiger charge is 2.19. The molecule has 4 rings (SSSR count). The molecule has 0 aliphatic rings. The normalized spacial score (nSPS) is 10.8. The second kappa shape index (κ2) is 7.40. The van der Waals surface area contributed by atoms with Gasteiger partial charge in [0.1, 0.15) is 0 Å². The van der Waals surface area contributed by atoms with Gasteiger partial charge >= 0.3 is 0 Å². The van der Waals surface area contributed by atoms with Crippen LogP contribution in [0.3, 0.4) is 0 Å². The predicted molar refractivity (Wildman–Crippen MR) is 115 cm³/mol. The van der Waals surface area contributed by atoms with Crippen molar-refractivity contribution in [3.8, 4) is 38.9 Å². The lowest BCUT2D eigenvalue weighted by atomic mass is 10.0. The third-order valence-electron chi connectivity index (χ3n) is 4.59. The Labute approximate surface area is 167 Å². The van der Waals surface area contributed by atoms with Crippen LogP contribution in [0.4, 0.5) is 5.13 Å². The summed E-state index contributed by atoms with van der Waals surface area (Å²) in [5.74, 6) is 1.74. The number of thiazole rings is 1. The second-order valence-corrected chi connectivity index (χ2v) is 7.24. The minimum Gasteiger partial charge on any atom is -0.493 e. The Bertz CT molecular complexity index is 1130. The summed E-state index contributed by atoms with van der Waals surface area (Å²) < 4.78 is 16.4. The van der Waals surface area contributed by atoms with E-state index in [1.54, 1.807) is 21.3 Å². The van der Waals surface area contributed by atoms with Crippen LogP contribution in [0.5, 0.6) is 17.2 Å². The van der Waals surface area contributed by atoms with E-state index in [4.69, 9.17) is 19.9 Å². The maximum Gasteiger partial charge on any atom is 0.203 e. The quantitative estimate of drug-likeness (QED) is 0.503. The molecule has 4 aromatic rings. The van der Waals surface area contributed by atoms with E-state index in [1.807, 2.05) is 24.3 Å². The van der Waals surface area contributed by atoms with Gasteiger partial charge in [0.25, 0.3) is 0 Å². The number of ether oxygens (including phenoxy) is 3. The molecule has 6 heteroatoms. The summed E-state index contributed by atoms with van der Waals surface area (Å²) in [6, 6.07) is 18.4. The van der Waals surface area contributed by atoms with Crippen LogP contribution in [0.25, 0.3) is 32.5 Å². The summed E-state index contributed by atoms with van der Waals surface area (Å²) >= 11 is 1.43. The molecule has 1 heterocycles. The lowest BCUT2D eigenvalue weighted by Crippen LogP contribution is -1.95. The van der Waals surface area contributed by atoms with Crippen LogP contribution >= 0.6 is 11.3 Å². The van der Waals surface area contributed by atoms with Gasteiger partial charge in [0.2, 0.25) is 5.75 Å². The number of nitrogen functional groups attached to an aromatic ring is 1. The number of benzene rings is 3. The van der Waals surface area contributed by atoms with E-state index in [9.17, 15) is 0 Å². The SMILES string of the molecule is COc1cc(-c2sc(N)nc2-c2ccc3ccccc3c2)cc(OC)c1OC. The Morgan fingerprint density at radius 2 is 1.46 bits per heavy atom. The molecule has 0 amide bonds. The van der Waals surface area contributed by atoms with E-state index in [0.717, 1.165) is 27.1 Å². The molecule has 0 unspecified atom stereocenters. The summed E-state index contributed by atoms with van der Waals surface area (Å²) in [7, 11) is 4.80. The minimum absolute atomic E-state index is 0.506. The fourth-order valence-electron chi connectivity index (χ4n) is 3.28. The first-order chi connectivity index (χ1) is 13.6. The maximum atomic E-state index is 6.08. The lowest BCUT2D eigenvalue weighted by Gasteiger charge is -2.14. The Kier molecular flexibility index (Phi) is 4.79. The number of aromatic nitrogens is 1. The number of nitrogens with two attached hydrogens (primary N) is 1. The van der Waals surface area contributed by atoms with Crippen LogP contribution in [0, 0.1) is 0 Å². The number of nitrogens with zero attached hydrogens (tertiary/aromatic N) is 1. The molecule has 0 atom stereocenters. The highest BCUT2D eigenvalue weighted by molar-refractivity contribution is 7.19. The highest BCUT2D eigenvalue weighted by Crippen LogP contribution is 2.45. The molecule has 2 N–H and O–H groups in total. The number of hydrogen-bond acceptors (Lipinski definition) is 6. The second-order valence-electron chi connectivity index (χ2n) is 6.21. The van der Waals surface area contributed by atoms with E-state index in [1.165, 1.54) is 16.7 Å². The monoisotopic (exact) mass is 392 g/mol. The lowest BCUT2D eigenvalue weighted by molar-refractivity contribution is 0.324. The molecular formula is C22H20N2O3S. The van der Waals surface area contributed by atoms with Gasteiger partial charge in [-0.05, 0) is 29.0 Å². The zero-order valence-electron chi connectivity index (χ0n) is 15.9. The summed E-state index contributed by atoms with van der Waals surface area (Å²) in [6.07, 6.45) is 0. The van der Waals surface area contributed by atoms with Crippen molar-refractivity contribution < 1.29 is 14.2 Å². The van der Waals surface area contributed by atoms with Gasteiger partial charge in [-0.15, -0.1) is 0 Å². The number of anilines is 1. The number of fused-ring (bicyclic) bond motifs is 1. The van der Waals surface area contributed by atoms with Gasteiger partial charge in [0.15, 0.2) is 16.6 Å². The Morgan fingerprint density at radius 3 is 2.11 bits per heavy atom. The van der Waals surface area contributed by atoms with Gasteiger partial charge in [-0.3, -0.25) is 0 Å². The fourth-order valence-corrected chi connectivity index (χ4v) is 4.12. The van der Waals surface area contributed by atoms with Crippen LogP contribution < -0.4 is 19.9 Å². The molecule has 1 aromatic heterocycles. The van der Waals surface area contributed by atoms with Crippen molar-refractivity contribution >= 4 is 27.2 Å². The molecule has 28 heavy (non-hydrogen) atoms. The standard InChI is InChI=1S/C22H20N2O3S/c1-25-17-11-16(12-18(26-2)20(17)27-3)21-19(24-22(23)28-21)15-9-8-13-6-4-5-7-14(13)10-15/h4-12H,1-3H3,(H2,23,24). The van der Waals surface area contributed by atoms with E-state index >= 15 is 0 Å². The zero-order chi connectivity index (χ0) is 19.7. The Morgan fingerprint density at radius 1 is 0.786 bits per heavy atom. The third kappa shape index (κ3) is 3.12. The van der Waals surface area contributed by atoms with Gasteiger partial charge in [-0.1, -0.05) is 47.7 Å². The summed E-state index contributed by atoms with van der Waals surface area (Å²) in [5.41, 5.74) is 8.84. The average molecular weight is 392 g/mol. The smallest absolute Gasteiger partial charge is 0.203 e. The van der Waals surface area contributed by atoms with Crippen molar-refractivity contribution in [3.05, 3.63) is 54.6 Å². The first-order valence-corrected chi connectivity index (χ1v) is 9.52. The van der Waals surface area contributed by atoms with Gasteiger partial charge < -0.3 is 19.9 Å². The topological polar surface area (TPSA) is 66.6 Å². The molecule has 0 saturated heterocycles. The summed E-state index contributed by atoms with van der Waals surface area (Å²) in [4.78, 5) is 5.55. The molecule has 142 valence electrons. The summed E-state index contributed by atoms with van der Waals surface area (Å²) in [5, 5.41) is 2.85. The van der Waals surface area contributed by atoms with Crippen molar-refractivity contribution in [2.75, 3.05) is 27.1 Å². The molecule has 0 saturated carbocycles. The first kappa shape index (κ1) is 18.1. The molecule has 5 nitrogen and oxygen atoms in total. The van der Waals surface area contributed by atoms with E-state index in [0.29, 0.717) is 22.4 Å². The fraction of sp³-hybridized carbons (Fsp3) is 0.136. The van der Waals surface area contributed by atoms with Crippen LogP contribution in [-0.4, -0.2) is 26.3 Å². The van der Waals surface area contributed by atoms with Crippen LogP contribution in [0.2, 0.25) is 0 Å². The minimum atomic E-state index is 0.506. The average Bonchev–Trinajstić information content (AvgIpc) is 3.13. The number of rotatable bonds is 5. The Balaban J connectivity index is 1.90. The van der Waals surface area contributed by atoms with Gasteiger partial charge in [0, 0.05) is 11.1 Å². The molecular weight excluding hydrogens is 372 g/mol. The largest absolute Gasteiger partial charge is 0.493 e. The highest BCUT2D eigenvalue weighted by atomic mass is 32.1. The van der Waals surface area contributed by atoms with Crippen molar-refractivity contribution in [1.82, 2.24) is 4.98 Å². The Hall–Kier alpha value is -3.25. The molecule has 0 bridgehead atoms. The van der Waals surface area contributed by atoms with Crippen molar-refractivity contribution in [1.29, 1.82) is 0 Å². The molecule has 3 aromatic carbocycles. The van der Waals surface area contributed by atoms with Gasteiger partial charge in [-0.25, -0.2) is 4.98 Å². The van der Waals surface area contributed by atoms with Crippen molar-refractivity contribution in [3.63, 3.8) is 0 Å². The van der Waals surface area contributed by atoms with Crippen LogP contribution in [-0.2, 0) is 0 Å². The van der Waals surface area contributed by atoms with Crippen LogP contribution in [0.1, 0.15) is 0 Å². The van der Waals surface area contributed by atoms with Crippen LogP contribution in [0.15, 0.2) is 54.6 Å². The first-order valence-electron chi connectivity index (χ1n) is 8.70. The summed E-state index contributed by atoms with van der Waals surface area (Å²) in [6.45, 7) is 0. The molecule has 0 aliphatic heterocycles. The number of hydrogen-bond donors (Lipinski definition) is 1. The zero-order valence-corrected chi connectivity index (χ0v) is 16.7. The molecule has 0 radical (unpaired) electrons. The van der Waals surface area contributed by atoms with E-state index in [-0.39, 0.29) is 0 Å².